The fourth-order valence-electron chi connectivity index (χ4n) is 0.610. The first-order valence-electron chi connectivity index (χ1n) is 3.96. The third-order valence-corrected chi connectivity index (χ3v) is 1.64. The summed E-state index contributed by atoms with van der Waals surface area (Å²) in [6.07, 6.45) is -0.455. The van der Waals surface area contributed by atoms with E-state index in [1.165, 1.54) is 0 Å². The summed E-state index contributed by atoms with van der Waals surface area (Å²) in [4.78, 5) is 20.8. The Kier molecular flexibility index (Phi) is 5.95. The fraction of sp³-hybridized carbons (Fsp3) is 0.429. The molecule has 0 amide bonds. The number of carbonyl (C=O) groups is 2. The van der Waals surface area contributed by atoms with Gasteiger partial charge in [-0.2, -0.15) is 5.10 Å². The molecular formula is C7H11N3O4S. The molecule has 0 spiro atoms. The first-order valence-corrected chi connectivity index (χ1v) is 4.37. The SMILES string of the molecule is CNC(=S)N/N=C(/CCC(=O)O)C(=O)O. The van der Waals surface area contributed by atoms with Crippen molar-refractivity contribution in [2.75, 3.05) is 7.05 Å². The van der Waals surface area contributed by atoms with Crippen LogP contribution >= 0.6 is 12.2 Å². The number of hydrogen-bond acceptors (Lipinski definition) is 4. The minimum absolute atomic E-state index is 0.157. The van der Waals surface area contributed by atoms with E-state index in [0.717, 1.165) is 0 Å². The number of rotatable bonds is 5. The van der Waals surface area contributed by atoms with Gasteiger partial charge in [0, 0.05) is 13.5 Å². The van der Waals surface area contributed by atoms with Gasteiger partial charge >= 0.3 is 11.9 Å². The van der Waals surface area contributed by atoms with Crippen LogP contribution in [0.15, 0.2) is 5.10 Å². The number of carboxylic acid groups (broad SMARTS) is 2. The summed E-state index contributed by atoms with van der Waals surface area (Å²) in [5.74, 6) is -2.36. The van der Waals surface area contributed by atoms with Gasteiger partial charge < -0.3 is 15.5 Å². The number of carboxylic acids is 2. The van der Waals surface area contributed by atoms with Crippen LogP contribution in [-0.4, -0.2) is 40.0 Å². The summed E-state index contributed by atoms with van der Waals surface area (Å²) in [6.45, 7) is 0. The number of hydrazone groups is 1. The van der Waals surface area contributed by atoms with Crippen LogP contribution < -0.4 is 10.7 Å². The van der Waals surface area contributed by atoms with Gasteiger partial charge in [-0.15, -0.1) is 0 Å². The Morgan fingerprint density at radius 3 is 2.33 bits per heavy atom. The van der Waals surface area contributed by atoms with Crippen molar-refractivity contribution in [3.05, 3.63) is 0 Å². The monoisotopic (exact) mass is 233 g/mol. The molecular weight excluding hydrogens is 222 g/mol. The van der Waals surface area contributed by atoms with E-state index in [0.29, 0.717) is 0 Å². The van der Waals surface area contributed by atoms with Crippen LogP contribution in [0, 0.1) is 0 Å². The van der Waals surface area contributed by atoms with E-state index in [2.05, 4.69) is 28.1 Å². The highest BCUT2D eigenvalue weighted by molar-refractivity contribution is 7.80. The molecule has 8 heteroatoms. The molecule has 0 fully saturated rings. The van der Waals surface area contributed by atoms with E-state index in [9.17, 15) is 9.59 Å². The zero-order chi connectivity index (χ0) is 11.8. The number of thiocarbonyl (C=S) groups is 1. The summed E-state index contributed by atoms with van der Waals surface area (Å²) in [7, 11) is 1.54. The molecule has 0 aromatic heterocycles. The molecule has 0 aliphatic heterocycles. The van der Waals surface area contributed by atoms with Gasteiger partial charge in [0.25, 0.3) is 0 Å². The van der Waals surface area contributed by atoms with Crippen molar-refractivity contribution in [3.63, 3.8) is 0 Å². The molecule has 0 heterocycles. The lowest BCUT2D eigenvalue weighted by Gasteiger charge is -2.02. The van der Waals surface area contributed by atoms with Crippen molar-refractivity contribution < 1.29 is 19.8 Å². The highest BCUT2D eigenvalue weighted by Gasteiger charge is 2.11. The summed E-state index contributed by atoms with van der Waals surface area (Å²) < 4.78 is 0. The van der Waals surface area contributed by atoms with E-state index >= 15 is 0 Å². The molecule has 15 heavy (non-hydrogen) atoms. The topological polar surface area (TPSA) is 111 Å². The Balaban J connectivity index is 4.32. The maximum absolute atomic E-state index is 10.6. The molecule has 4 N–H and O–H groups in total. The smallest absolute Gasteiger partial charge is 0.352 e. The first-order chi connectivity index (χ1) is 6.97. The lowest BCUT2D eigenvalue weighted by molar-refractivity contribution is -0.136. The summed E-state index contributed by atoms with van der Waals surface area (Å²) in [5, 5.41) is 23.2. The van der Waals surface area contributed by atoms with Gasteiger partial charge in [-0.25, -0.2) is 4.79 Å². The molecule has 0 rings (SSSR count). The van der Waals surface area contributed by atoms with Crippen LogP contribution in [0.25, 0.3) is 0 Å². The molecule has 0 radical (unpaired) electrons. The normalized spacial score (nSPS) is 10.6. The van der Waals surface area contributed by atoms with Crippen LogP contribution in [0.1, 0.15) is 12.8 Å². The van der Waals surface area contributed by atoms with Crippen LogP contribution in [0.3, 0.4) is 0 Å². The van der Waals surface area contributed by atoms with E-state index in [1.807, 2.05) is 0 Å². The minimum Gasteiger partial charge on any atom is -0.481 e. The molecule has 0 atom stereocenters. The Labute approximate surface area is 91.2 Å². The molecule has 0 saturated heterocycles. The highest BCUT2D eigenvalue weighted by Crippen LogP contribution is 1.93. The Bertz CT molecular complexity index is 303. The molecule has 84 valence electrons. The van der Waals surface area contributed by atoms with E-state index in [-0.39, 0.29) is 23.7 Å². The third kappa shape index (κ3) is 6.38. The van der Waals surface area contributed by atoms with Crippen LogP contribution in [0.5, 0.6) is 0 Å². The second kappa shape index (κ2) is 6.71. The molecule has 7 nitrogen and oxygen atoms in total. The third-order valence-electron chi connectivity index (χ3n) is 1.34. The Morgan fingerprint density at radius 1 is 1.33 bits per heavy atom. The molecule has 0 aliphatic carbocycles. The molecule has 0 aromatic carbocycles. The van der Waals surface area contributed by atoms with Crippen LogP contribution in [0.2, 0.25) is 0 Å². The van der Waals surface area contributed by atoms with Crippen LogP contribution in [-0.2, 0) is 9.59 Å². The zero-order valence-corrected chi connectivity index (χ0v) is 8.80. The minimum atomic E-state index is -1.28. The maximum atomic E-state index is 10.6. The number of nitrogens with zero attached hydrogens (tertiary/aromatic N) is 1. The summed E-state index contributed by atoms with van der Waals surface area (Å²) >= 11 is 4.66. The van der Waals surface area contributed by atoms with Crippen molar-refractivity contribution in [1.82, 2.24) is 10.7 Å². The van der Waals surface area contributed by atoms with E-state index in [4.69, 9.17) is 10.2 Å². The van der Waals surface area contributed by atoms with Crippen molar-refractivity contribution in [1.29, 1.82) is 0 Å². The second-order valence-electron chi connectivity index (χ2n) is 2.45. The standard InChI is InChI=1S/C7H11N3O4S/c1-8-7(15)10-9-4(6(13)14)2-3-5(11)12/h2-3H2,1H3,(H,11,12)(H,13,14)(H2,8,10,15)/b9-4-. The predicted molar refractivity (Wildman–Crippen MR) is 56.7 cm³/mol. The fourth-order valence-corrected chi connectivity index (χ4v) is 0.656. The zero-order valence-electron chi connectivity index (χ0n) is 7.98. The number of nitrogens with one attached hydrogen (secondary N) is 2. The molecule has 0 saturated carbocycles. The average molecular weight is 233 g/mol. The Morgan fingerprint density at radius 2 is 1.93 bits per heavy atom. The lowest BCUT2D eigenvalue weighted by atomic mass is 10.2. The quantitative estimate of drug-likeness (QED) is 0.284. The van der Waals surface area contributed by atoms with Crippen molar-refractivity contribution in [2.24, 2.45) is 5.10 Å². The number of hydrogen-bond donors (Lipinski definition) is 4. The average Bonchev–Trinajstić information content (AvgIpc) is 2.16. The highest BCUT2D eigenvalue weighted by atomic mass is 32.1. The Hall–Kier alpha value is -1.70. The summed E-state index contributed by atoms with van der Waals surface area (Å²) in [5.41, 5.74) is 1.99. The van der Waals surface area contributed by atoms with Crippen LogP contribution in [0.4, 0.5) is 0 Å². The molecule has 0 aromatic rings. The van der Waals surface area contributed by atoms with Gasteiger partial charge in [0.2, 0.25) is 0 Å². The van der Waals surface area contributed by atoms with Gasteiger partial charge in [0.05, 0.1) is 6.42 Å². The summed E-state index contributed by atoms with van der Waals surface area (Å²) in [6, 6.07) is 0. The molecule has 0 bridgehead atoms. The van der Waals surface area contributed by atoms with Gasteiger partial charge in [-0.3, -0.25) is 10.2 Å². The molecule has 0 unspecified atom stereocenters. The second-order valence-corrected chi connectivity index (χ2v) is 2.86. The van der Waals surface area contributed by atoms with Crippen molar-refractivity contribution in [3.8, 4) is 0 Å². The van der Waals surface area contributed by atoms with E-state index < -0.39 is 11.9 Å². The lowest BCUT2D eigenvalue weighted by Crippen LogP contribution is -2.30. The van der Waals surface area contributed by atoms with Gasteiger partial charge in [-0.1, -0.05) is 0 Å². The van der Waals surface area contributed by atoms with Crippen molar-refractivity contribution >= 4 is 35.0 Å². The van der Waals surface area contributed by atoms with Gasteiger partial charge in [0.1, 0.15) is 5.71 Å². The van der Waals surface area contributed by atoms with Gasteiger partial charge in [0.15, 0.2) is 5.11 Å². The largest absolute Gasteiger partial charge is 0.481 e. The van der Waals surface area contributed by atoms with E-state index in [1.54, 1.807) is 7.05 Å². The molecule has 0 aliphatic rings. The maximum Gasteiger partial charge on any atom is 0.352 e. The van der Waals surface area contributed by atoms with Gasteiger partial charge in [-0.05, 0) is 12.2 Å². The number of aliphatic carboxylic acids is 2. The predicted octanol–water partition coefficient (Wildman–Crippen LogP) is -0.614. The first kappa shape index (κ1) is 13.3. The van der Waals surface area contributed by atoms with Crippen molar-refractivity contribution in [2.45, 2.75) is 12.8 Å².